The highest BCUT2D eigenvalue weighted by Crippen LogP contribution is 2.55. The van der Waals surface area contributed by atoms with Crippen molar-refractivity contribution in [3.8, 4) is 0 Å². The molecule has 1 amide bonds. The zero-order valence-electron chi connectivity index (χ0n) is 22.1. The summed E-state index contributed by atoms with van der Waals surface area (Å²) in [5.74, 6) is -1.33. The zero-order valence-corrected chi connectivity index (χ0v) is 23.8. The number of hydrogen-bond acceptors (Lipinski definition) is 7. The molecule has 2 bridgehead atoms. The molecular weight excluding hydrogens is 559 g/mol. The Balaban J connectivity index is 1.41. The number of nitrogens with one attached hydrogen (secondary N) is 1. The number of halogens is 1. The average molecular weight is 589 g/mol. The molecule has 2 fully saturated rings. The number of carbonyl (C=O) groups excluding carboxylic acids is 1. The Labute approximate surface area is 232 Å². The van der Waals surface area contributed by atoms with Gasteiger partial charge >= 0.3 is 0 Å². The van der Waals surface area contributed by atoms with Crippen LogP contribution < -0.4 is 9.62 Å². The topological polar surface area (TPSA) is 136 Å². The number of amides is 1. The lowest BCUT2D eigenvalue weighted by atomic mass is 9.77. The standard InChI is InChI=1S/C27H29FN4O6S2/c1-14-10-15(4-8-19(14)28)13-32-24-17-6-5-16(11-17)22(24)25(33)23(27(32)34)26-29-20-9-7-18(31(2)39(3,35)36)12-21(20)40(37,38)30-26/h4,7-10,12,16-17,22,24,33H,5-6,11,13H2,1-3H3,(H,29,30)/t16-,17+,22?,24?/m0/s1. The zero-order chi connectivity index (χ0) is 28.7. The second-order valence-corrected chi connectivity index (χ2v) is 14.7. The maximum atomic E-state index is 14.0. The summed E-state index contributed by atoms with van der Waals surface area (Å²) in [6.45, 7) is 1.83. The van der Waals surface area contributed by atoms with Crippen molar-refractivity contribution in [1.82, 2.24) is 4.90 Å². The van der Waals surface area contributed by atoms with Crippen LogP contribution in [0.1, 0.15) is 30.4 Å². The molecule has 2 heterocycles. The molecule has 0 radical (unpaired) electrons. The fourth-order valence-corrected chi connectivity index (χ4v) is 8.33. The van der Waals surface area contributed by atoms with Crippen LogP contribution in [0.5, 0.6) is 0 Å². The maximum Gasteiger partial charge on any atom is 0.286 e. The number of aryl methyl sites for hydroxylation is 1. The molecule has 10 nitrogen and oxygen atoms in total. The predicted octanol–water partition coefficient (Wildman–Crippen LogP) is 3.31. The van der Waals surface area contributed by atoms with Crippen molar-refractivity contribution >= 4 is 43.2 Å². The van der Waals surface area contributed by atoms with Gasteiger partial charge in [-0.3, -0.25) is 9.10 Å². The molecular formula is C27H29FN4O6S2. The third-order valence-corrected chi connectivity index (χ3v) is 11.2. The fraction of sp³-hybridized carbons (Fsp3) is 0.407. The Morgan fingerprint density at radius 2 is 1.90 bits per heavy atom. The summed E-state index contributed by atoms with van der Waals surface area (Å²) >= 11 is 0. The number of nitrogens with zero attached hydrogens (tertiary/aromatic N) is 3. The molecule has 13 heteroatoms. The summed E-state index contributed by atoms with van der Waals surface area (Å²) in [6.07, 6.45) is 3.70. The van der Waals surface area contributed by atoms with Gasteiger partial charge in [-0.15, -0.1) is 4.40 Å². The fourth-order valence-electron chi connectivity index (χ4n) is 6.69. The van der Waals surface area contributed by atoms with Crippen LogP contribution in [0.15, 0.2) is 57.0 Å². The minimum Gasteiger partial charge on any atom is -0.511 e. The Hall–Kier alpha value is -3.45. The highest BCUT2D eigenvalue weighted by molar-refractivity contribution is 7.92. The van der Waals surface area contributed by atoms with E-state index in [1.807, 2.05) is 0 Å². The molecule has 2 N–H and O–H groups in total. The van der Waals surface area contributed by atoms with Crippen molar-refractivity contribution in [2.24, 2.45) is 22.2 Å². The SMILES string of the molecule is Cc1cc(CN2C(=O)C(C3=NS(=O)(=O)c4cc(N(C)S(C)(=O)=O)ccc4N3)=C(O)C3C2[C@@H]2CC[C@H]3C2)ccc1F. The smallest absolute Gasteiger partial charge is 0.286 e. The molecule has 4 atom stereocenters. The summed E-state index contributed by atoms with van der Waals surface area (Å²) in [5.41, 5.74) is 1.23. The summed E-state index contributed by atoms with van der Waals surface area (Å²) in [4.78, 5) is 15.5. The van der Waals surface area contributed by atoms with Gasteiger partial charge in [-0.25, -0.2) is 12.8 Å². The predicted molar refractivity (Wildman–Crippen MR) is 147 cm³/mol. The lowest BCUT2D eigenvalue weighted by molar-refractivity contribution is -0.134. The molecule has 0 saturated heterocycles. The molecule has 2 saturated carbocycles. The number of carbonyl (C=O) groups is 1. The Kier molecular flexibility index (Phi) is 6.04. The molecule has 2 unspecified atom stereocenters. The van der Waals surface area contributed by atoms with Gasteiger partial charge in [0.15, 0.2) is 5.84 Å². The minimum atomic E-state index is -4.36. The highest BCUT2D eigenvalue weighted by Gasteiger charge is 2.57. The Morgan fingerprint density at radius 3 is 2.60 bits per heavy atom. The van der Waals surface area contributed by atoms with Crippen LogP contribution in [0, 0.1) is 30.5 Å². The average Bonchev–Trinajstić information content (AvgIpc) is 3.50. The monoisotopic (exact) mass is 588 g/mol. The number of benzene rings is 2. The van der Waals surface area contributed by atoms with E-state index in [0.29, 0.717) is 5.56 Å². The quantitative estimate of drug-likeness (QED) is 0.547. The van der Waals surface area contributed by atoms with Gasteiger partial charge in [0.2, 0.25) is 10.0 Å². The van der Waals surface area contributed by atoms with Crippen LogP contribution in [-0.2, 0) is 31.4 Å². The Morgan fingerprint density at radius 1 is 1.18 bits per heavy atom. The first-order chi connectivity index (χ1) is 18.8. The summed E-state index contributed by atoms with van der Waals surface area (Å²) in [7, 11) is -6.70. The lowest BCUT2D eigenvalue weighted by Gasteiger charge is -2.44. The number of aliphatic hydroxyl groups is 1. The van der Waals surface area contributed by atoms with Gasteiger partial charge in [-0.05, 0) is 73.4 Å². The van der Waals surface area contributed by atoms with E-state index < -0.39 is 26.0 Å². The summed E-state index contributed by atoms with van der Waals surface area (Å²) < 4.78 is 69.3. The number of aliphatic hydroxyl groups excluding tert-OH is 1. The van der Waals surface area contributed by atoms with Crippen LogP contribution in [0.25, 0.3) is 0 Å². The van der Waals surface area contributed by atoms with E-state index in [9.17, 15) is 31.1 Å². The van der Waals surface area contributed by atoms with Gasteiger partial charge in [0.05, 0.1) is 17.6 Å². The lowest BCUT2D eigenvalue weighted by Crippen LogP contribution is -2.53. The number of sulfonamides is 2. The van der Waals surface area contributed by atoms with E-state index in [1.54, 1.807) is 24.0 Å². The molecule has 212 valence electrons. The van der Waals surface area contributed by atoms with Gasteiger partial charge < -0.3 is 15.3 Å². The Bertz CT molecular complexity index is 1740. The summed E-state index contributed by atoms with van der Waals surface area (Å²) in [6, 6.07) is 8.47. The molecule has 0 aromatic heterocycles. The molecule has 2 aliphatic heterocycles. The van der Waals surface area contributed by atoms with E-state index in [2.05, 4.69) is 9.71 Å². The van der Waals surface area contributed by atoms with Crippen molar-refractivity contribution in [1.29, 1.82) is 0 Å². The van der Waals surface area contributed by atoms with Crippen LogP contribution in [0.3, 0.4) is 0 Å². The van der Waals surface area contributed by atoms with Crippen molar-refractivity contribution < 1.29 is 31.1 Å². The van der Waals surface area contributed by atoms with E-state index in [0.717, 1.165) is 35.4 Å². The molecule has 2 aromatic rings. The van der Waals surface area contributed by atoms with Gasteiger partial charge in [-0.1, -0.05) is 12.1 Å². The van der Waals surface area contributed by atoms with Crippen molar-refractivity contribution in [3.05, 3.63) is 64.7 Å². The second kappa shape index (κ2) is 9.03. The van der Waals surface area contributed by atoms with Gasteiger partial charge in [0.25, 0.3) is 15.9 Å². The number of hydrogen-bond donors (Lipinski definition) is 2. The third kappa shape index (κ3) is 4.17. The largest absolute Gasteiger partial charge is 0.511 e. The first-order valence-corrected chi connectivity index (χ1v) is 16.2. The minimum absolute atomic E-state index is 0.111. The molecule has 4 aliphatic rings. The van der Waals surface area contributed by atoms with E-state index in [4.69, 9.17) is 0 Å². The van der Waals surface area contributed by atoms with E-state index >= 15 is 0 Å². The van der Waals surface area contributed by atoms with Crippen LogP contribution in [0.4, 0.5) is 15.8 Å². The van der Waals surface area contributed by atoms with Gasteiger partial charge in [0, 0.05) is 25.6 Å². The van der Waals surface area contributed by atoms with Crippen LogP contribution in [0.2, 0.25) is 0 Å². The number of fused-ring (bicyclic) bond motifs is 6. The van der Waals surface area contributed by atoms with E-state index in [-0.39, 0.29) is 69.6 Å². The second-order valence-electron chi connectivity index (χ2n) is 11.1. The molecule has 2 aliphatic carbocycles. The van der Waals surface area contributed by atoms with Crippen molar-refractivity contribution in [2.75, 3.05) is 22.9 Å². The first-order valence-electron chi connectivity index (χ1n) is 13.0. The first kappa shape index (κ1) is 26.8. The summed E-state index contributed by atoms with van der Waals surface area (Å²) in [5, 5.41) is 14.4. The molecule has 6 rings (SSSR count). The molecule has 40 heavy (non-hydrogen) atoms. The van der Waals surface area contributed by atoms with Gasteiger partial charge in [-0.2, -0.15) is 8.42 Å². The van der Waals surface area contributed by atoms with Crippen molar-refractivity contribution in [2.45, 2.75) is 43.7 Å². The van der Waals surface area contributed by atoms with Gasteiger partial charge in [0.1, 0.15) is 22.0 Å². The number of rotatable bonds is 5. The van der Waals surface area contributed by atoms with Crippen molar-refractivity contribution in [3.63, 3.8) is 0 Å². The normalized spacial score (nSPS) is 26.8. The molecule has 0 spiro atoms. The van der Waals surface area contributed by atoms with E-state index in [1.165, 1.54) is 31.3 Å². The number of anilines is 2. The highest BCUT2D eigenvalue weighted by atomic mass is 32.2. The number of amidine groups is 1. The van der Waals surface area contributed by atoms with Crippen LogP contribution in [-0.4, -0.2) is 57.9 Å². The van der Waals surface area contributed by atoms with Crippen LogP contribution >= 0.6 is 0 Å². The third-order valence-electron chi connectivity index (χ3n) is 8.66. The molecule has 2 aromatic carbocycles. The maximum absolute atomic E-state index is 14.0.